The van der Waals surface area contributed by atoms with Crippen molar-refractivity contribution in [1.82, 2.24) is 19.9 Å². The molecule has 0 radical (unpaired) electrons. The summed E-state index contributed by atoms with van der Waals surface area (Å²) in [7, 11) is 0. The average molecular weight is 532 g/mol. The molecule has 3 heterocycles. The number of aryl methyl sites for hydroxylation is 2. The number of nitrogens with one attached hydrogen (secondary N) is 1. The number of aromatic nitrogens is 4. The summed E-state index contributed by atoms with van der Waals surface area (Å²) in [6.45, 7) is 3.57. The zero-order chi connectivity index (χ0) is 26.6. The number of ether oxygens (including phenoxy) is 1. The van der Waals surface area contributed by atoms with E-state index < -0.39 is 0 Å². The molecule has 192 valence electrons. The van der Waals surface area contributed by atoms with Crippen LogP contribution in [0.15, 0.2) is 80.9 Å². The lowest BCUT2D eigenvalue weighted by Gasteiger charge is -2.15. The van der Waals surface area contributed by atoms with Crippen molar-refractivity contribution in [3.8, 4) is 11.6 Å². The van der Waals surface area contributed by atoms with Crippen LogP contribution in [-0.4, -0.2) is 25.6 Å². The molecule has 0 atom stereocenters. The Balaban J connectivity index is 1.44. The summed E-state index contributed by atoms with van der Waals surface area (Å²) in [6, 6.07) is 15.8. The second kappa shape index (κ2) is 10.7. The minimum atomic E-state index is -0.344. The lowest BCUT2D eigenvalue weighted by atomic mass is 10.0. The predicted molar refractivity (Wildman–Crippen MR) is 139 cm³/mol. The van der Waals surface area contributed by atoms with E-state index in [2.05, 4.69) is 20.6 Å². The van der Waals surface area contributed by atoms with Gasteiger partial charge in [0.25, 0.3) is 11.4 Å². The SMILES string of the molecule is Cc1noc(C)c1C(=O)Cc1cnc(Nc2ccc(Oc3ccon3)cc2)n(Cc2ccc(Cl)cc2)c1=O. The molecule has 5 rings (SSSR count). The molecule has 0 bridgehead atoms. The molecule has 0 amide bonds. The van der Waals surface area contributed by atoms with Crippen LogP contribution in [0.4, 0.5) is 11.6 Å². The number of carbonyl (C=O) groups excluding carboxylic acids is 1. The lowest BCUT2D eigenvalue weighted by molar-refractivity contribution is 0.0990. The second-order valence-electron chi connectivity index (χ2n) is 8.51. The number of carbonyl (C=O) groups is 1. The Kier molecular flexibility index (Phi) is 7.05. The molecular formula is C27H22ClN5O5. The Bertz CT molecular complexity index is 1600. The summed E-state index contributed by atoms with van der Waals surface area (Å²) in [6.07, 6.45) is 2.70. The molecule has 2 aromatic carbocycles. The molecule has 0 aliphatic rings. The van der Waals surface area contributed by atoms with Gasteiger partial charge in [-0.25, -0.2) is 4.98 Å². The average Bonchev–Trinajstić information content (AvgIpc) is 3.54. The molecule has 0 fully saturated rings. The minimum Gasteiger partial charge on any atom is -0.436 e. The van der Waals surface area contributed by atoms with Crippen LogP contribution in [0.1, 0.15) is 32.9 Å². The third kappa shape index (κ3) is 5.50. The fourth-order valence-corrected chi connectivity index (χ4v) is 4.05. The second-order valence-corrected chi connectivity index (χ2v) is 8.95. The zero-order valence-electron chi connectivity index (χ0n) is 20.5. The van der Waals surface area contributed by atoms with Crippen LogP contribution >= 0.6 is 11.6 Å². The highest BCUT2D eigenvalue weighted by molar-refractivity contribution is 6.30. The van der Waals surface area contributed by atoms with Crippen molar-refractivity contribution in [3.63, 3.8) is 0 Å². The first-order valence-corrected chi connectivity index (χ1v) is 12.0. The van der Waals surface area contributed by atoms with Crippen LogP contribution in [0, 0.1) is 13.8 Å². The summed E-state index contributed by atoms with van der Waals surface area (Å²) in [5.74, 6) is 1.36. The molecule has 0 aliphatic heterocycles. The highest BCUT2D eigenvalue weighted by Gasteiger charge is 2.21. The predicted octanol–water partition coefficient (Wildman–Crippen LogP) is 5.50. The topological polar surface area (TPSA) is 125 Å². The van der Waals surface area contributed by atoms with Gasteiger partial charge >= 0.3 is 0 Å². The van der Waals surface area contributed by atoms with Gasteiger partial charge in [-0.05, 0) is 61.0 Å². The number of rotatable bonds is 9. The molecule has 38 heavy (non-hydrogen) atoms. The first-order chi connectivity index (χ1) is 18.4. The number of hydrogen-bond acceptors (Lipinski definition) is 9. The Morgan fingerprint density at radius 3 is 2.47 bits per heavy atom. The molecule has 0 spiro atoms. The molecule has 0 saturated heterocycles. The van der Waals surface area contributed by atoms with E-state index in [4.69, 9.17) is 25.4 Å². The number of nitrogens with zero attached hydrogens (tertiary/aromatic N) is 4. The van der Waals surface area contributed by atoms with Crippen LogP contribution in [0.2, 0.25) is 5.02 Å². The van der Waals surface area contributed by atoms with E-state index in [1.165, 1.54) is 17.0 Å². The van der Waals surface area contributed by atoms with Gasteiger partial charge in [-0.3, -0.25) is 14.2 Å². The van der Waals surface area contributed by atoms with Crippen molar-refractivity contribution in [1.29, 1.82) is 0 Å². The van der Waals surface area contributed by atoms with Crippen molar-refractivity contribution >= 4 is 29.0 Å². The molecule has 10 nitrogen and oxygen atoms in total. The van der Waals surface area contributed by atoms with E-state index in [1.807, 2.05) is 12.1 Å². The van der Waals surface area contributed by atoms with Crippen LogP contribution in [0.3, 0.4) is 0 Å². The fourth-order valence-electron chi connectivity index (χ4n) is 3.93. The van der Waals surface area contributed by atoms with Gasteiger partial charge in [0.05, 0.1) is 17.8 Å². The highest BCUT2D eigenvalue weighted by Crippen LogP contribution is 2.23. The van der Waals surface area contributed by atoms with Crippen LogP contribution in [0.5, 0.6) is 11.6 Å². The first kappa shape index (κ1) is 25.0. The van der Waals surface area contributed by atoms with Crippen molar-refractivity contribution in [2.24, 2.45) is 0 Å². The lowest BCUT2D eigenvalue weighted by Crippen LogP contribution is -2.28. The number of halogens is 1. The van der Waals surface area contributed by atoms with Gasteiger partial charge in [-0.1, -0.05) is 28.9 Å². The summed E-state index contributed by atoms with van der Waals surface area (Å²) in [4.78, 5) is 31.0. The van der Waals surface area contributed by atoms with E-state index >= 15 is 0 Å². The Labute approximate surface area is 221 Å². The molecule has 0 saturated carbocycles. The van der Waals surface area contributed by atoms with Crippen molar-refractivity contribution in [2.45, 2.75) is 26.8 Å². The van der Waals surface area contributed by atoms with E-state index in [1.54, 1.807) is 56.3 Å². The largest absolute Gasteiger partial charge is 0.436 e. The van der Waals surface area contributed by atoms with E-state index in [9.17, 15) is 9.59 Å². The highest BCUT2D eigenvalue weighted by atomic mass is 35.5. The first-order valence-electron chi connectivity index (χ1n) is 11.6. The third-order valence-electron chi connectivity index (χ3n) is 5.78. The molecule has 3 aromatic heterocycles. The van der Waals surface area contributed by atoms with Gasteiger partial charge < -0.3 is 19.1 Å². The number of benzene rings is 2. The molecular weight excluding hydrogens is 510 g/mol. The smallest absolute Gasteiger partial charge is 0.259 e. The summed E-state index contributed by atoms with van der Waals surface area (Å²) < 4.78 is 17.0. The number of Topliss-reactive ketones (excluding diaryl/α,β-unsaturated/α-hetero) is 1. The van der Waals surface area contributed by atoms with Crippen molar-refractivity contribution in [2.75, 3.05) is 5.32 Å². The maximum atomic E-state index is 13.6. The van der Waals surface area contributed by atoms with Gasteiger partial charge in [0.2, 0.25) is 5.95 Å². The fraction of sp³-hybridized carbons (Fsp3) is 0.148. The quantitative estimate of drug-likeness (QED) is 0.245. The number of hydrogen-bond donors (Lipinski definition) is 1. The maximum absolute atomic E-state index is 13.6. The molecule has 11 heteroatoms. The van der Waals surface area contributed by atoms with Crippen LogP contribution < -0.4 is 15.6 Å². The van der Waals surface area contributed by atoms with E-state index in [-0.39, 0.29) is 29.9 Å². The Morgan fingerprint density at radius 1 is 1.05 bits per heavy atom. The summed E-state index contributed by atoms with van der Waals surface area (Å²) in [5, 5.41) is 11.3. The van der Waals surface area contributed by atoms with Gasteiger partial charge in [-0.2, -0.15) is 0 Å². The van der Waals surface area contributed by atoms with Gasteiger partial charge in [0.1, 0.15) is 17.8 Å². The number of ketones is 1. The van der Waals surface area contributed by atoms with Crippen molar-refractivity contribution in [3.05, 3.63) is 111 Å². The van der Waals surface area contributed by atoms with E-state index in [0.717, 1.165) is 5.56 Å². The normalized spacial score (nSPS) is 10.9. The third-order valence-corrected chi connectivity index (χ3v) is 6.03. The summed E-state index contributed by atoms with van der Waals surface area (Å²) in [5.41, 5.74) is 2.29. The number of anilines is 2. The van der Waals surface area contributed by atoms with Gasteiger partial charge in [-0.15, -0.1) is 0 Å². The minimum absolute atomic E-state index is 0.135. The summed E-state index contributed by atoms with van der Waals surface area (Å²) >= 11 is 6.04. The Morgan fingerprint density at radius 2 is 1.82 bits per heavy atom. The van der Waals surface area contributed by atoms with Crippen molar-refractivity contribution < 1.29 is 18.6 Å². The molecule has 0 aliphatic carbocycles. The molecule has 0 unspecified atom stereocenters. The van der Waals surface area contributed by atoms with Crippen LogP contribution in [0.25, 0.3) is 0 Å². The molecule has 5 aromatic rings. The standard InChI is InChI=1S/C27H22ClN5O5/c1-16-25(17(2)38-31-16)23(34)13-19-14-29-27(33(26(19)35)15-18-3-5-20(28)6-4-18)30-21-7-9-22(10-8-21)37-24-11-12-36-32-24/h3-12,14H,13,15H2,1-2H3,(H,29,30). The maximum Gasteiger partial charge on any atom is 0.259 e. The molecule has 1 N–H and O–H groups in total. The Hall–Kier alpha value is -4.70. The van der Waals surface area contributed by atoms with Gasteiger partial charge in [0, 0.05) is 35.0 Å². The zero-order valence-corrected chi connectivity index (χ0v) is 21.2. The van der Waals surface area contributed by atoms with E-state index in [0.29, 0.717) is 45.3 Å². The van der Waals surface area contributed by atoms with Crippen LogP contribution in [-0.2, 0) is 13.0 Å². The van der Waals surface area contributed by atoms with Gasteiger partial charge in [0.15, 0.2) is 5.78 Å². The monoisotopic (exact) mass is 531 g/mol.